The molecule has 0 amide bonds. The number of alkyl halides is 1. The minimum Gasteiger partial charge on any atom is -0.302 e. The van der Waals surface area contributed by atoms with E-state index in [1.165, 1.54) is 0 Å². The van der Waals surface area contributed by atoms with Crippen molar-refractivity contribution in [2.75, 3.05) is 0 Å². The number of aldehydes is 1. The average molecular weight is 91.5 g/mol. The van der Waals surface area contributed by atoms with E-state index in [0.29, 0.717) is 6.29 Å². The molecule has 0 aliphatic carbocycles. The van der Waals surface area contributed by atoms with E-state index in [9.17, 15) is 4.79 Å². The normalized spacial score (nSPS) is 14.0. The molecule has 1 unspecified atom stereocenters. The van der Waals surface area contributed by atoms with E-state index in [1.54, 1.807) is 0 Å². The summed E-state index contributed by atoms with van der Waals surface area (Å²) in [7, 11) is 0. The Morgan fingerprint density at radius 2 is 2.20 bits per heavy atom. The van der Waals surface area contributed by atoms with Gasteiger partial charge in [0.1, 0.15) is 6.29 Å². The molecule has 0 aromatic rings. The molecule has 0 spiro atoms. The number of rotatable bonds is 1. The lowest BCUT2D eigenvalue weighted by Crippen LogP contribution is -1.87. The molecule has 1 nitrogen and oxygen atoms in total. The van der Waals surface area contributed by atoms with Gasteiger partial charge in [-0.15, -0.1) is 11.6 Å². The topological polar surface area (TPSA) is 17.1 Å². The van der Waals surface area contributed by atoms with Gasteiger partial charge in [0.2, 0.25) is 0 Å². The predicted octanol–water partition coefficient (Wildman–Crippen LogP) is 0.627. The Balaban J connectivity index is 2.83. The molecule has 0 heterocycles. The van der Waals surface area contributed by atoms with Crippen LogP contribution in [0.25, 0.3) is 0 Å². The van der Waals surface area contributed by atoms with Crippen LogP contribution in [0.15, 0.2) is 0 Å². The third-order valence-electron chi connectivity index (χ3n) is 0.148. The maximum atomic E-state index is 9.31. The summed E-state index contributed by atoms with van der Waals surface area (Å²) in [5.41, 5.74) is 0. The van der Waals surface area contributed by atoms with Gasteiger partial charge in [-0.1, -0.05) is 0 Å². The van der Waals surface area contributed by atoms with E-state index in [-0.39, 0.29) is 0 Å². The monoisotopic (exact) mass is 91.0 g/mol. The van der Waals surface area contributed by atoms with Crippen LogP contribution in [0.1, 0.15) is 0 Å². The van der Waals surface area contributed by atoms with E-state index >= 15 is 0 Å². The number of hydrogen-bond donors (Lipinski definition) is 0. The van der Waals surface area contributed by atoms with E-state index in [2.05, 4.69) is 6.92 Å². The van der Waals surface area contributed by atoms with Gasteiger partial charge in [0.25, 0.3) is 0 Å². The third-order valence-corrected chi connectivity index (χ3v) is 0.251. The Bertz CT molecular complexity index is 33.9. The molecule has 5 heavy (non-hydrogen) atoms. The highest BCUT2D eigenvalue weighted by Crippen LogP contribution is 1.81. The van der Waals surface area contributed by atoms with Crippen LogP contribution in [0, 0.1) is 6.92 Å². The van der Waals surface area contributed by atoms with Gasteiger partial charge in [-0.3, -0.25) is 0 Å². The maximum Gasteiger partial charge on any atom is 0.137 e. The molecule has 0 rings (SSSR count). The van der Waals surface area contributed by atoms with Crippen LogP contribution in [-0.4, -0.2) is 11.7 Å². The second-order valence-electron chi connectivity index (χ2n) is 0.652. The average Bonchev–Trinajstić information content (AvgIpc) is 1.38. The fraction of sp³-hybridized carbons (Fsp3) is 0.333. The van der Waals surface area contributed by atoms with Crippen LogP contribution in [0.5, 0.6) is 0 Å². The zero-order valence-electron chi connectivity index (χ0n) is 2.65. The summed E-state index contributed by atoms with van der Waals surface area (Å²) >= 11 is 4.98. The number of halogens is 1. The molecule has 0 fully saturated rings. The number of carbonyl (C=O) groups is 1. The van der Waals surface area contributed by atoms with Gasteiger partial charge in [-0.2, -0.15) is 0 Å². The molecule has 0 N–H and O–H groups in total. The second kappa shape index (κ2) is 2.21. The number of hydrogen-bond acceptors (Lipinski definition) is 1. The Hall–Kier alpha value is -0.0400. The van der Waals surface area contributed by atoms with Crippen molar-refractivity contribution in [1.82, 2.24) is 0 Å². The molecule has 1 atom stereocenters. The SMILES string of the molecule is [CH2]C(Cl)C=O. The van der Waals surface area contributed by atoms with E-state index in [4.69, 9.17) is 11.6 Å². The lowest BCUT2D eigenvalue weighted by molar-refractivity contribution is -0.106. The number of carbonyl (C=O) groups excluding carboxylic acids is 1. The van der Waals surface area contributed by atoms with E-state index < -0.39 is 5.38 Å². The minimum atomic E-state index is -0.574. The smallest absolute Gasteiger partial charge is 0.137 e. The largest absolute Gasteiger partial charge is 0.302 e. The zero-order chi connectivity index (χ0) is 4.28. The van der Waals surface area contributed by atoms with E-state index in [0.717, 1.165) is 0 Å². The van der Waals surface area contributed by atoms with Gasteiger partial charge in [0.05, 0.1) is 5.38 Å². The summed E-state index contributed by atoms with van der Waals surface area (Å²) in [6.45, 7) is 3.15. The third kappa shape index (κ3) is 3.96. The van der Waals surface area contributed by atoms with Crippen molar-refractivity contribution < 1.29 is 4.79 Å². The first-order valence-electron chi connectivity index (χ1n) is 1.20. The fourth-order valence-electron chi connectivity index (χ4n) is 0. The molecule has 0 saturated heterocycles. The first-order valence-corrected chi connectivity index (χ1v) is 1.63. The van der Waals surface area contributed by atoms with Crippen molar-refractivity contribution in [2.24, 2.45) is 0 Å². The van der Waals surface area contributed by atoms with Crippen molar-refractivity contribution in [2.45, 2.75) is 5.38 Å². The van der Waals surface area contributed by atoms with Crippen LogP contribution in [0.3, 0.4) is 0 Å². The van der Waals surface area contributed by atoms with Crippen LogP contribution in [-0.2, 0) is 4.79 Å². The van der Waals surface area contributed by atoms with Crippen LogP contribution >= 0.6 is 11.6 Å². The molecule has 2 heteroatoms. The predicted molar refractivity (Wildman–Crippen MR) is 21.1 cm³/mol. The summed E-state index contributed by atoms with van der Waals surface area (Å²) in [6, 6.07) is 0. The van der Waals surface area contributed by atoms with Gasteiger partial charge in [-0.05, 0) is 6.92 Å². The van der Waals surface area contributed by atoms with Crippen molar-refractivity contribution in [3.63, 3.8) is 0 Å². The summed E-state index contributed by atoms with van der Waals surface area (Å²) < 4.78 is 0. The minimum absolute atomic E-state index is 0.571. The fourth-order valence-corrected chi connectivity index (χ4v) is 0. The van der Waals surface area contributed by atoms with Crippen LogP contribution in [0.2, 0.25) is 0 Å². The van der Waals surface area contributed by atoms with Crippen molar-refractivity contribution in [3.05, 3.63) is 6.92 Å². The highest BCUT2D eigenvalue weighted by atomic mass is 35.5. The van der Waals surface area contributed by atoms with Gasteiger partial charge in [0.15, 0.2) is 0 Å². The molecule has 0 aromatic carbocycles. The first kappa shape index (κ1) is 4.96. The molecule has 1 radical (unpaired) electrons. The molecular formula is C3H4ClO. The Morgan fingerprint density at radius 1 is 2.00 bits per heavy atom. The molecule has 0 aliphatic rings. The van der Waals surface area contributed by atoms with Crippen LogP contribution in [0.4, 0.5) is 0 Å². The summed E-state index contributed by atoms with van der Waals surface area (Å²) in [5.74, 6) is 0. The van der Waals surface area contributed by atoms with Gasteiger partial charge in [-0.25, -0.2) is 0 Å². The van der Waals surface area contributed by atoms with Crippen molar-refractivity contribution in [3.8, 4) is 0 Å². The second-order valence-corrected chi connectivity index (χ2v) is 1.21. The van der Waals surface area contributed by atoms with Gasteiger partial charge >= 0.3 is 0 Å². The Kier molecular flexibility index (Phi) is 2.19. The lowest BCUT2D eigenvalue weighted by Gasteiger charge is -1.75. The summed E-state index contributed by atoms with van der Waals surface area (Å²) in [6.07, 6.45) is 0.571. The molecule has 0 aromatic heterocycles. The standard InChI is InChI=1S/C3H4ClO/c1-3(4)2-5/h2-3H,1H2. The van der Waals surface area contributed by atoms with Gasteiger partial charge < -0.3 is 4.79 Å². The molecular weight excluding hydrogens is 87.5 g/mol. The summed E-state index contributed by atoms with van der Waals surface area (Å²) in [5, 5.41) is -0.574. The van der Waals surface area contributed by atoms with Gasteiger partial charge in [0, 0.05) is 0 Å². The molecule has 0 bridgehead atoms. The van der Waals surface area contributed by atoms with Crippen molar-refractivity contribution in [1.29, 1.82) is 0 Å². The van der Waals surface area contributed by atoms with Crippen LogP contribution < -0.4 is 0 Å². The molecule has 29 valence electrons. The van der Waals surface area contributed by atoms with Crippen molar-refractivity contribution >= 4 is 17.9 Å². The van der Waals surface area contributed by atoms with E-state index in [1.807, 2.05) is 0 Å². The molecule has 0 aliphatic heterocycles. The maximum absolute atomic E-state index is 9.31. The quantitative estimate of drug-likeness (QED) is 0.342. The highest BCUT2D eigenvalue weighted by Gasteiger charge is 1.83. The first-order chi connectivity index (χ1) is 2.27. The highest BCUT2D eigenvalue weighted by molar-refractivity contribution is 6.28. The lowest BCUT2D eigenvalue weighted by atomic mass is 10.6. The Morgan fingerprint density at radius 3 is 2.20 bits per heavy atom. The Labute approximate surface area is 35.9 Å². The summed E-state index contributed by atoms with van der Waals surface area (Å²) in [4.78, 5) is 9.31. The molecule has 0 saturated carbocycles. The zero-order valence-corrected chi connectivity index (χ0v) is 3.40.